The van der Waals surface area contributed by atoms with Gasteiger partial charge in [0.25, 0.3) is 10.0 Å². The summed E-state index contributed by atoms with van der Waals surface area (Å²) < 4.78 is 73.4. The van der Waals surface area contributed by atoms with Crippen molar-refractivity contribution in [3.8, 4) is 0 Å². The van der Waals surface area contributed by atoms with Gasteiger partial charge in [-0.3, -0.25) is 4.90 Å². The van der Waals surface area contributed by atoms with Gasteiger partial charge in [0.1, 0.15) is 4.21 Å². The summed E-state index contributed by atoms with van der Waals surface area (Å²) in [6.45, 7) is 3.19. The van der Waals surface area contributed by atoms with Crippen LogP contribution < -0.4 is 4.90 Å². The smallest absolute Gasteiger partial charge is 0.395 e. The molecular formula is C23H30F3N3O5S2. The van der Waals surface area contributed by atoms with Crippen LogP contribution in [0.15, 0.2) is 46.0 Å². The Balaban J connectivity index is 1.61. The number of halogens is 3. The number of hydrogen-bond donors (Lipinski definition) is 2. The maximum absolute atomic E-state index is 13.3. The van der Waals surface area contributed by atoms with Gasteiger partial charge in [-0.25, -0.2) is 8.42 Å². The van der Waals surface area contributed by atoms with Crippen molar-refractivity contribution >= 4 is 27.0 Å². The van der Waals surface area contributed by atoms with Crippen LogP contribution in [0.4, 0.5) is 18.9 Å². The van der Waals surface area contributed by atoms with Gasteiger partial charge in [-0.05, 0) is 36.1 Å². The fourth-order valence-electron chi connectivity index (χ4n) is 4.59. The van der Waals surface area contributed by atoms with Crippen LogP contribution in [-0.2, 0) is 20.4 Å². The molecule has 0 amide bonds. The Morgan fingerprint density at radius 3 is 2.44 bits per heavy atom. The summed E-state index contributed by atoms with van der Waals surface area (Å²) in [6.07, 6.45) is -4.82. The van der Waals surface area contributed by atoms with E-state index in [0.29, 0.717) is 45.5 Å². The molecular weight excluding hydrogens is 519 g/mol. The molecule has 0 unspecified atom stereocenters. The zero-order valence-corrected chi connectivity index (χ0v) is 21.4. The standard InChI is InChI=1S/C23H30F3N3O5S2/c1-22(31,23(24,25)26)17-4-6-18(7-5-17)29-9-8-28(36(32,33)21-3-2-12-35-21)14-19(29)13-27-10-11-34-16-20(27)15-30/h2-7,12,19-20,30-31H,8-11,13-16H2,1H3/t19-,20-,22+/m1/s1. The molecule has 0 radical (unpaired) electrons. The van der Waals surface area contributed by atoms with Gasteiger partial charge in [0, 0.05) is 38.4 Å². The Labute approximate surface area is 212 Å². The number of thiophene rings is 1. The van der Waals surface area contributed by atoms with Crippen molar-refractivity contribution in [3.63, 3.8) is 0 Å². The number of alkyl halides is 3. The van der Waals surface area contributed by atoms with E-state index in [1.54, 1.807) is 17.5 Å². The SMILES string of the molecule is C[C@](O)(c1ccc(N2CCN(S(=O)(=O)c3cccs3)C[C@H]2CN2CCOC[C@H]2CO)cc1)C(F)(F)F. The van der Waals surface area contributed by atoms with Crippen LogP contribution in [0.3, 0.4) is 0 Å². The molecule has 0 saturated carbocycles. The number of rotatable bonds is 7. The molecule has 2 aliphatic rings. The van der Waals surface area contributed by atoms with Crippen molar-refractivity contribution in [1.82, 2.24) is 9.21 Å². The van der Waals surface area contributed by atoms with Gasteiger partial charge in [-0.15, -0.1) is 11.3 Å². The van der Waals surface area contributed by atoms with Gasteiger partial charge in [0.15, 0.2) is 5.60 Å². The van der Waals surface area contributed by atoms with Gasteiger partial charge in [-0.1, -0.05) is 18.2 Å². The number of morpholine rings is 1. The lowest BCUT2D eigenvalue weighted by Gasteiger charge is -2.45. The normalized spacial score (nSPS) is 24.6. The molecule has 3 atom stereocenters. The Bertz CT molecular complexity index is 1110. The monoisotopic (exact) mass is 549 g/mol. The first kappa shape index (κ1) is 27.3. The summed E-state index contributed by atoms with van der Waals surface area (Å²) in [7, 11) is -3.69. The largest absolute Gasteiger partial charge is 0.421 e. The van der Waals surface area contributed by atoms with Crippen LogP contribution in [0.1, 0.15) is 12.5 Å². The molecule has 1 aromatic heterocycles. The highest BCUT2D eigenvalue weighted by Gasteiger charge is 2.51. The number of aliphatic hydroxyl groups excluding tert-OH is 1. The summed E-state index contributed by atoms with van der Waals surface area (Å²) in [5.41, 5.74) is -2.63. The molecule has 3 heterocycles. The van der Waals surface area contributed by atoms with Gasteiger partial charge in [0.05, 0.1) is 31.9 Å². The summed E-state index contributed by atoms with van der Waals surface area (Å²) in [5.74, 6) is 0. The summed E-state index contributed by atoms with van der Waals surface area (Å²) >= 11 is 1.15. The lowest BCUT2D eigenvalue weighted by molar-refractivity contribution is -0.258. The van der Waals surface area contributed by atoms with E-state index in [-0.39, 0.29) is 41.6 Å². The molecule has 0 bridgehead atoms. The summed E-state index contributed by atoms with van der Waals surface area (Å²) in [6, 6.07) is 8.24. The average Bonchev–Trinajstić information content (AvgIpc) is 3.40. The van der Waals surface area contributed by atoms with E-state index in [1.807, 2.05) is 4.90 Å². The number of benzene rings is 1. The highest BCUT2D eigenvalue weighted by Crippen LogP contribution is 2.39. The molecule has 2 saturated heterocycles. The molecule has 8 nitrogen and oxygen atoms in total. The van der Waals surface area contributed by atoms with E-state index < -0.39 is 21.8 Å². The number of piperazine rings is 1. The molecule has 0 aliphatic carbocycles. The fourth-order valence-corrected chi connectivity index (χ4v) is 7.20. The minimum Gasteiger partial charge on any atom is -0.395 e. The Kier molecular flexibility index (Phi) is 8.01. The highest BCUT2D eigenvalue weighted by molar-refractivity contribution is 7.91. The zero-order chi connectivity index (χ0) is 26.1. The van der Waals surface area contributed by atoms with E-state index in [4.69, 9.17) is 4.74 Å². The van der Waals surface area contributed by atoms with Crippen molar-refractivity contribution in [2.45, 2.75) is 35.0 Å². The Morgan fingerprint density at radius 2 is 1.83 bits per heavy atom. The van der Waals surface area contributed by atoms with E-state index in [1.165, 1.54) is 28.6 Å². The van der Waals surface area contributed by atoms with Crippen LogP contribution in [0, 0.1) is 0 Å². The third kappa shape index (κ3) is 5.42. The number of aliphatic hydroxyl groups is 2. The third-order valence-corrected chi connectivity index (χ3v) is 10.1. The molecule has 4 rings (SSSR count). The van der Waals surface area contributed by atoms with Gasteiger partial charge in [-0.2, -0.15) is 17.5 Å². The minimum atomic E-state index is -4.82. The molecule has 13 heteroatoms. The quantitative estimate of drug-likeness (QED) is 0.547. The summed E-state index contributed by atoms with van der Waals surface area (Å²) in [4.78, 5) is 4.04. The van der Waals surface area contributed by atoms with E-state index in [0.717, 1.165) is 11.3 Å². The van der Waals surface area contributed by atoms with Crippen molar-refractivity contribution in [1.29, 1.82) is 0 Å². The third-order valence-electron chi connectivity index (χ3n) is 6.85. The Hall–Kier alpha value is -1.74. The predicted octanol–water partition coefficient (Wildman–Crippen LogP) is 2.09. The van der Waals surface area contributed by atoms with Crippen LogP contribution in [0.2, 0.25) is 0 Å². The molecule has 2 fully saturated rings. The van der Waals surface area contributed by atoms with Crippen molar-refractivity contribution in [3.05, 3.63) is 47.3 Å². The number of nitrogens with zero attached hydrogens (tertiary/aromatic N) is 3. The van der Waals surface area contributed by atoms with Gasteiger partial charge >= 0.3 is 6.18 Å². The van der Waals surface area contributed by atoms with Crippen molar-refractivity contribution in [2.24, 2.45) is 0 Å². The first-order valence-corrected chi connectivity index (χ1v) is 13.9. The zero-order valence-electron chi connectivity index (χ0n) is 19.8. The molecule has 0 spiro atoms. The Morgan fingerprint density at radius 1 is 1.11 bits per heavy atom. The molecule has 2 aromatic rings. The molecule has 2 N–H and O–H groups in total. The number of sulfonamides is 1. The highest BCUT2D eigenvalue weighted by atomic mass is 32.2. The van der Waals surface area contributed by atoms with Gasteiger partial charge in [0.2, 0.25) is 0 Å². The van der Waals surface area contributed by atoms with Crippen LogP contribution >= 0.6 is 11.3 Å². The second kappa shape index (κ2) is 10.6. The van der Waals surface area contributed by atoms with Crippen molar-refractivity contribution in [2.75, 3.05) is 57.4 Å². The first-order valence-electron chi connectivity index (χ1n) is 11.6. The van der Waals surface area contributed by atoms with Crippen LogP contribution in [0.25, 0.3) is 0 Å². The number of anilines is 1. The minimum absolute atomic E-state index is 0.106. The average molecular weight is 550 g/mol. The lowest BCUT2D eigenvalue weighted by atomic mass is 9.95. The maximum Gasteiger partial charge on any atom is 0.421 e. The van der Waals surface area contributed by atoms with Crippen LogP contribution in [0.5, 0.6) is 0 Å². The fraction of sp³-hybridized carbons (Fsp3) is 0.565. The van der Waals surface area contributed by atoms with E-state index in [2.05, 4.69) is 4.90 Å². The topological polar surface area (TPSA) is 93.6 Å². The second-order valence-corrected chi connectivity index (χ2v) is 12.3. The molecule has 1 aromatic carbocycles. The predicted molar refractivity (Wildman–Crippen MR) is 130 cm³/mol. The number of ether oxygens (including phenoxy) is 1. The van der Waals surface area contributed by atoms with E-state index >= 15 is 0 Å². The second-order valence-electron chi connectivity index (χ2n) is 9.17. The van der Waals surface area contributed by atoms with Crippen LogP contribution in [-0.4, -0.2) is 98.6 Å². The molecule has 36 heavy (non-hydrogen) atoms. The van der Waals surface area contributed by atoms with Gasteiger partial charge < -0.3 is 19.8 Å². The number of hydrogen-bond acceptors (Lipinski definition) is 8. The molecule has 2 aliphatic heterocycles. The maximum atomic E-state index is 13.3. The first-order chi connectivity index (χ1) is 16.9. The van der Waals surface area contributed by atoms with Crippen molar-refractivity contribution < 1.29 is 36.5 Å². The lowest BCUT2D eigenvalue weighted by Crippen LogP contribution is -2.60. The molecule has 200 valence electrons. The summed E-state index contributed by atoms with van der Waals surface area (Å²) in [5, 5.41) is 21.5. The van der Waals surface area contributed by atoms with E-state index in [9.17, 15) is 31.8 Å².